The van der Waals surface area contributed by atoms with Gasteiger partial charge in [0.1, 0.15) is 22.3 Å². The Morgan fingerprint density at radius 2 is 1.86 bits per heavy atom. The highest BCUT2D eigenvalue weighted by Crippen LogP contribution is 2.41. The summed E-state index contributed by atoms with van der Waals surface area (Å²) in [5.41, 5.74) is -2.21. The first-order chi connectivity index (χ1) is 19.8. The number of fused-ring (bicyclic) bond motifs is 1. The van der Waals surface area contributed by atoms with Gasteiger partial charge < -0.3 is 20.2 Å². The average molecular weight is 604 g/mol. The second-order valence-electron chi connectivity index (χ2n) is 10.9. The summed E-state index contributed by atoms with van der Waals surface area (Å²) < 4.78 is 28.7. The van der Waals surface area contributed by atoms with E-state index in [1.807, 2.05) is 19.0 Å². The van der Waals surface area contributed by atoms with Crippen LogP contribution >= 0.6 is 11.8 Å². The SMILES string of the molecule is CN(C)CCNC(=O)C1CCC2(CC1)N(C)C(=O)c1c(O)c(=O)c(C(=N)SC(=N)Cc3ccc(F)cc3F)cn1N2C. The van der Waals surface area contributed by atoms with Gasteiger partial charge in [-0.05, 0) is 51.4 Å². The molecule has 0 bridgehead atoms. The number of rotatable bonds is 7. The zero-order valence-electron chi connectivity index (χ0n) is 24.0. The third-order valence-corrected chi connectivity index (χ3v) is 8.89. The predicted octanol–water partition coefficient (Wildman–Crippen LogP) is 2.33. The summed E-state index contributed by atoms with van der Waals surface area (Å²) in [7, 11) is 7.17. The number of pyridine rings is 1. The summed E-state index contributed by atoms with van der Waals surface area (Å²) in [5.74, 6) is -3.20. The molecule has 42 heavy (non-hydrogen) atoms. The Balaban J connectivity index is 1.55. The van der Waals surface area contributed by atoms with E-state index in [2.05, 4.69) is 5.32 Å². The molecule has 11 nitrogen and oxygen atoms in total. The van der Waals surface area contributed by atoms with Gasteiger partial charge in [-0.3, -0.25) is 34.9 Å². The molecule has 0 atom stereocenters. The highest BCUT2D eigenvalue weighted by molar-refractivity contribution is 8.26. The topological polar surface area (TPSA) is 146 Å². The monoisotopic (exact) mass is 603 g/mol. The fourth-order valence-electron chi connectivity index (χ4n) is 5.55. The maximum atomic E-state index is 14.1. The molecule has 1 aliphatic heterocycles. The van der Waals surface area contributed by atoms with E-state index in [0.29, 0.717) is 50.1 Å². The van der Waals surface area contributed by atoms with Crippen LogP contribution < -0.4 is 15.8 Å². The predicted molar refractivity (Wildman–Crippen MR) is 157 cm³/mol. The summed E-state index contributed by atoms with van der Waals surface area (Å²) in [5, 5.41) is 31.7. The van der Waals surface area contributed by atoms with Crippen LogP contribution in [0.1, 0.15) is 47.3 Å². The van der Waals surface area contributed by atoms with Crippen molar-refractivity contribution in [3.63, 3.8) is 0 Å². The van der Waals surface area contributed by atoms with E-state index in [1.165, 1.54) is 21.8 Å². The van der Waals surface area contributed by atoms with Crippen molar-refractivity contribution in [2.75, 3.05) is 46.3 Å². The molecule has 2 aromatic rings. The lowest BCUT2D eigenvalue weighted by Gasteiger charge is -2.55. The smallest absolute Gasteiger partial charge is 0.278 e. The molecule has 0 saturated heterocycles. The first-order valence-corrected chi connectivity index (χ1v) is 14.3. The molecule has 0 unspecified atom stereocenters. The standard InChI is InChI=1S/C28H35F2N7O4S/c1-34(2)12-11-33-26(40)16-7-9-28(10-8-16)35(3)27(41)22-24(39)23(38)19(15-37(22)36(28)4)25(32)42-21(31)13-17-5-6-18(29)14-20(17)30/h5-6,14-16,31-32,39H,7-13H2,1-4H3,(H,33,40). The van der Waals surface area contributed by atoms with Crippen LogP contribution in [-0.2, 0) is 11.2 Å². The lowest BCUT2D eigenvalue weighted by Crippen LogP contribution is -2.69. The van der Waals surface area contributed by atoms with Crippen LogP contribution in [0.2, 0.25) is 0 Å². The molecule has 2 aliphatic rings. The number of aromatic nitrogens is 1. The number of nitrogens with zero attached hydrogens (tertiary/aromatic N) is 4. The lowest BCUT2D eigenvalue weighted by atomic mass is 9.79. The quantitative estimate of drug-likeness (QED) is 0.281. The number of benzene rings is 1. The summed E-state index contributed by atoms with van der Waals surface area (Å²) in [6.45, 7) is 1.26. The molecule has 2 heterocycles. The van der Waals surface area contributed by atoms with Gasteiger partial charge in [-0.2, -0.15) is 0 Å². The number of thioether (sulfide) groups is 1. The van der Waals surface area contributed by atoms with Gasteiger partial charge in [-0.25, -0.2) is 8.78 Å². The second-order valence-corrected chi connectivity index (χ2v) is 12.0. The van der Waals surface area contributed by atoms with Crippen molar-refractivity contribution in [2.45, 2.75) is 37.8 Å². The maximum Gasteiger partial charge on any atom is 0.278 e. The third kappa shape index (κ3) is 5.91. The Kier molecular flexibility index (Phi) is 9.06. The highest BCUT2D eigenvalue weighted by Gasteiger charge is 2.50. The van der Waals surface area contributed by atoms with Gasteiger partial charge in [0.2, 0.25) is 11.3 Å². The molecule has 1 saturated carbocycles. The zero-order chi connectivity index (χ0) is 30.9. The van der Waals surface area contributed by atoms with Crippen LogP contribution in [0.4, 0.5) is 8.78 Å². The van der Waals surface area contributed by atoms with Crippen molar-refractivity contribution in [3.05, 3.63) is 63.1 Å². The zero-order valence-corrected chi connectivity index (χ0v) is 24.8. The van der Waals surface area contributed by atoms with Gasteiger partial charge in [0.25, 0.3) is 5.91 Å². The normalized spacial score (nSPS) is 20.2. The van der Waals surface area contributed by atoms with Gasteiger partial charge >= 0.3 is 0 Å². The van der Waals surface area contributed by atoms with Crippen LogP contribution in [0.15, 0.2) is 29.2 Å². The van der Waals surface area contributed by atoms with Gasteiger partial charge in [-0.1, -0.05) is 17.8 Å². The van der Waals surface area contributed by atoms with E-state index in [1.54, 1.807) is 19.1 Å². The number of halogens is 2. The minimum Gasteiger partial charge on any atom is -0.502 e. The van der Waals surface area contributed by atoms with Crippen molar-refractivity contribution in [3.8, 4) is 5.75 Å². The number of hydrogen-bond acceptors (Lipinski definition) is 9. The molecular formula is C28H35F2N7O4S. The first kappa shape index (κ1) is 31.2. The van der Waals surface area contributed by atoms with Crippen LogP contribution in [-0.4, -0.2) is 88.4 Å². The Hall–Kier alpha value is -3.78. The Morgan fingerprint density at radius 1 is 1.19 bits per heavy atom. The van der Waals surface area contributed by atoms with E-state index in [-0.39, 0.29) is 45.2 Å². The van der Waals surface area contributed by atoms with Crippen molar-refractivity contribution >= 4 is 33.7 Å². The summed E-state index contributed by atoms with van der Waals surface area (Å²) in [6, 6.07) is 2.99. The molecule has 1 spiro atoms. The number of amides is 2. The minimum absolute atomic E-state index is 0.0310. The fraction of sp³-hybridized carbons (Fsp3) is 0.464. The van der Waals surface area contributed by atoms with E-state index >= 15 is 0 Å². The molecule has 1 aromatic heterocycles. The molecule has 0 radical (unpaired) electrons. The van der Waals surface area contributed by atoms with E-state index < -0.39 is 34.4 Å². The summed E-state index contributed by atoms with van der Waals surface area (Å²) >= 11 is 0.596. The third-order valence-electron chi connectivity index (χ3n) is 8.07. The number of carbonyl (C=O) groups excluding carboxylic acids is 2. The number of aromatic hydroxyl groups is 1. The van der Waals surface area contributed by atoms with Gasteiger partial charge in [0.15, 0.2) is 11.4 Å². The van der Waals surface area contributed by atoms with Crippen molar-refractivity contribution in [1.82, 2.24) is 19.8 Å². The summed E-state index contributed by atoms with van der Waals surface area (Å²) in [4.78, 5) is 42.8. The highest BCUT2D eigenvalue weighted by atomic mass is 32.2. The largest absolute Gasteiger partial charge is 0.502 e. The Morgan fingerprint density at radius 3 is 2.48 bits per heavy atom. The molecular weight excluding hydrogens is 568 g/mol. The Bertz CT molecular complexity index is 1490. The molecule has 1 fully saturated rings. The average Bonchev–Trinajstić information content (AvgIpc) is 2.93. The van der Waals surface area contributed by atoms with Gasteiger partial charge in [0, 0.05) is 51.8 Å². The molecule has 2 amide bonds. The van der Waals surface area contributed by atoms with Crippen molar-refractivity contribution in [1.29, 1.82) is 10.8 Å². The summed E-state index contributed by atoms with van der Waals surface area (Å²) in [6.07, 6.45) is 3.02. The number of nitrogens with one attached hydrogen (secondary N) is 3. The molecule has 14 heteroatoms. The molecule has 226 valence electrons. The minimum atomic E-state index is -0.941. The van der Waals surface area contributed by atoms with Crippen molar-refractivity contribution < 1.29 is 23.5 Å². The fourth-order valence-corrected chi connectivity index (χ4v) is 6.28. The molecule has 1 aromatic carbocycles. The van der Waals surface area contributed by atoms with Crippen LogP contribution in [0.5, 0.6) is 5.75 Å². The van der Waals surface area contributed by atoms with Crippen LogP contribution in [0.3, 0.4) is 0 Å². The Labute approximate surface area is 246 Å². The first-order valence-electron chi connectivity index (χ1n) is 13.5. The van der Waals surface area contributed by atoms with Crippen molar-refractivity contribution in [2.24, 2.45) is 5.92 Å². The van der Waals surface area contributed by atoms with E-state index in [9.17, 15) is 28.3 Å². The van der Waals surface area contributed by atoms with Gasteiger partial charge in [-0.15, -0.1) is 0 Å². The molecule has 4 rings (SSSR count). The lowest BCUT2D eigenvalue weighted by molar-refractivity contribution is -0.127. The molecule has 4 N–H and O–H groups in total. The molecule has 1 aliphatic carbocycles. The van der Waals surface area contributed by atoms with Crippen LogP contribution in [0, 0.1) is 28.4 Å². The van der Waals surface area contributed by atoms with Crippen LogP contribution in [0.25, 0.3) is 0 Å². The van der Waals surface area contributed by atoms with Gasteiger partial charge in [0.05, 0.1) is 10.6 Å². The maximum absolute atomic E-state index is 14.1. The second kappa shape index (κ2) is 12.2. The van der Waals surface area contributed by atoms with E-state index in [0.717, 1.165) is 12.6 Å². The number of hydrogen-bond donors (Lipinski definition) is 4. The number of carbonyl (C=O) groups is 2. The van der Waals surface area contributed by atoms with E-state index in [4.69, 9.17) is 10.8 Å². The number of likely N-dealkylation sites (N-methyl/N-ethyl adjacent to an activating group) is 1.